The molecule has 2 aromatic rings. The highest BCUT2D eigenvalue weighted by atomic mass is 35.5. The molecule has 3 rings (SSSR count). The summed E-state index contributed by atoms with van der Waals surface area (Å²) in [6.45, 7) is 2.82. The first-order valence-corrected chi connectivity index (χ1v) is 9.36. The average Bonchev–Trinajstić information content (AvgIpc) is 2.73. The largest absolute Gasteiger partial charge is 0.493 e. The van der Waals surface area contributed by atoms with Crippen molar-refractivity contribution in [2.75, 3.05) is 31.7 Å². The number of halogens is 2. The van der Waals surface area contributed by atoms with Crippen LogP contribution in [0.4, 0.5) is 5.69 Å². The SMILES string of the molecule is COC(=O)C(N)Cc1ccc(OCC2CCN(c3ccncc3)CC2)cc1.Cl.Cl. The lowest BCUT2D eigenvalue weighted by atomic mass is 9.97. The molecule has 2 N–H and O–H groups in total. The van der Waals surface area contributed by atoms with Crippen LogP contribution in [0.3, 0.4) is 0 Å². The molecule has 0 amide bonds. The van der Waals surface area contributed by atoms with Gasteiger partial charge in [-0.25, -0.2) is 0 Å². The second-order valence-electron chi connectivity index (χ2n) is 6.92. The molecule has 0 aliphatic carbocycles. The Balaban J connectivity index is 0.00000210. The number of benzene rings is 1. The van der Waals surface area contributed by atoms with Gasteiger partial charge in [0.05, 0.1) is 13.7 Å². The van der Waals surface area contributed by atoms with Crippen LogP contribution >= 0.6 is 24.8 Å². The molecule has 1 aliphatic rings. The zero-order valence-corrected chi connectivity index (χ0v) is 18.2. The van der Waals surface area contributed by atoms with Crippen LogP contribution in [0.1, 0.15) is 18.4 Å². The van der Waals surface area contributed by atoms with E-state index in [9.17, 15) is 4.79 Å². The van der Waals surface area contributed by atoms with Gasteiger partial charge in [0.1, 0.15) is 11.8 Å². The van der Waals surface area contributed by atoms with Gasteiger partial charge in [0.25, 0.3) is 0 Å². The molecule has 1 atom stereocenters. The Hall–Kier alpha value is -2.02. The predicted octanol–water partition coefficient (Wildman–Crippen LogP) is 3.26. The minimum absolute atomic E-state index is 0. The second-order valence-corrected chi connectivity index (χ2v) is 6.92. The topological polar surface area (TPSA) is 77.7 Å². The molecule has 160 valence electrons. The number of esters is 1. The smallest absolute Gasteiger partial charge is 0.322 e. The molecule has 1 unspecified atom stereocenters. The fourth-order valence-corrected chi connectivity index (χ4v) is 3.34. The molecule has 0 spiro atoms. The van der Waals surface area contributed by atoms with Crippen LogP contribution in [-0.4, -0.2) is 43.8 Å². The highest BCUT2D eigenvalue weighted by molar-refractivity contribution is 5.85. The van der Waals surface area contributed by atoms with E-state index in [1.54, 1.807) is 0 Å². The van der Waals surface area contributed by atoms with E-state index in [4.69, 9.17) is 10.5 Å². The summed E-state index contributed by atoms with van der Waals surface area (Å²) in [5.41, 5.74) is 8.03. The van der Waals surface area contributed by atoms with Crippen molar-refractivity contribution in [3.63, 3.8) is 0 Å². The molecule has 29 heavy (non-hydrogen) atoms. The quantitative estimate of drug-likeness (QED) is 0.664. The molecular formula is C21H29Cl2N3O3. The lowest BCUT2D eigenvalue weighted by Gasteiger charge is -2.33. The molecule has 1 aromatic heterocycles. The van der Waals surface area contributed by atoms with Crippen LogP contribution in [0.25, 0.3) is 0 Å². The Morgan fingerprint density at radius 3 is 2.34 bits per heavy atom. The fourth-order valence-electron chi connectivity index (χ4n) is 3.34. The number of piperidine rings is 1. The third-order valence-electron chi connectivity index (χ3n) is 5.01. The van der Waals surface area contributed by atoms with Crippen LogP contribution in [0.5, 0.6) is 5.75 Å². The van der Waals surface area contributed by atoms with Crippen molar-refractivity contribution < 1.29 is 14.3 Å². The van der Waals surface area contributed by atoms with Crippen LogP contribution in [0, 0.1) is 5.92 Å². The number of carbonyl (C=O) groups excluding carboxylic acids is 1. The van der Waals surface area contributed by atoms with Gasteiger partial charge in [0, 0.05) is 31.2 Å². The summed E-state index contributed by atoms with van der Waals surface area (Å²) in [7, 11) is 1.35. The third-order valence-corrected chi connectivity index (χ3v) is 5.01. The predicted molar refractivity (Wildman–Crippen MR) is 119 cm³/mol. The lowest BCUT2D eigenvalue weighted by molar-refractivity contribution is -0.142. The molecule has 1 fully saturated rings. The van der Waals surface area contributed by atoms with E-state index in [0.717, 1.165) is 43.9 Å². The van der Waals surface area contributed by atoms with Crippen molar-refractivity contribution in [1.82, 2.24) is 4.98 Å². The van der Waals surface area contributed by atoms with E-state index in [-0.39, 0.29) is 24.8 Å². The van der Waals surface area contributed by atoms with E-state index in [0.29, 0.717) is 12.3 Å². The van der Waals surface area contributed by atoms with E-state index < -0.39 is 12.0 Å². The van der Waals surface area contributed by atoms with E-state index >= 15 is 0 Å². The van der Waals surface area contributed by atoms with Gasteiger partial charge in [-0.1, -0.05) is 12.1 Å². The normalized spacial score (nSPS) is 14.9. The fraction of sp³-hybridized carbons (Fsp3) is 0.429. The van der Waals surface area contributed by atoms with Gasteiger partial charge in [-0.05, 0) is 55.0 Å². The minimum Gasteiger partial charge on any atom is -0.493 e. The van der Waals surface area contributed by atoms with E-state index in [1.807, 2.05) is 36.7 Å². The Labute approximate surface area is 184 Å². The molecule has 0 saturated carbocycles. The maximum Gasteiger partial charge on any atom is 0.322 e. The van der Waals surface area contributed by atoms with Crippen molar-refractivity contribution in [1.29, 1.82) is 0 Å². The maximum absolute atomic E-state index is 11.4. The van der Waals surface area contributed by atoms with Gasteiger partial charge < -0.3 is 20.1 Å². The van der Waals surface area contributed by atoms with Crippen molar-refractivity contribution in [3.8, 4) is 5.75 Å². The number of ether oxygens (including phenoxy) is 2. The zero-order valence-electron chi connectivity index (χ0n) is 16.5. The third kappa shape index (κ3) is 7.38. The summed E-state index contributed by atoms with van der Waals surface area (Å²) in [4.78, 5) is 17.9. The lowest BCUT2D eigenvalue weighted by Crippen LogP contribution is -2.35. The second kappa shape index (κ2) is 12.5. The van der Waals surface area contributed by atoms with Gasteiger partial charge >= 0.3 is 5.97 Å². The average molecular weight is 442 g/mol. The van der Waals surface area contributed by atoms with Crippen LogP contribution in [0.15, 0.2) is 48.8 Å². The number of rotatable bonds is 7. The van der Waals surface area contributed by atoms with Crippen LogP contribution in [0.2, 0.25) is 0 Å². The Bertz CT molecular complexity index is 724. The number of hydrogen-bond donors (Lipinski definition) is 1. The van der Waals surface area contributed by atoms with Gasteiger partial charge in [0.15, 0.2) is 0 Å². The Kier molecular flexibility index (Phi) is 10.8. The van der Waals surface area contributed by atoms with Crippen molar-refractivity contribution >= 4 is 36.5 Å². The number of carbonyl (C=O) groups is 1. The molecule has 1 aromatic carbocycles. The number of aromatic nitrogens is 1. The monoisotopic (exact) mass is 441 g/mol. The Morgan fingerprint density at radius 2 is 1.76 bits per heavy atom. The first-order valence-electron chi connectivity index (χ1n) is 9.36. The number of anilines is 1. The number of nitrogens with zero attached hydrogens (tertiary/aromatic N) is 2. The molecule has 0 radical (unpaired) electrons. The summed E-state index contributed by atoms with van der Waals surface area (Å²) in [6, 6.07) is 11.3. The summed E-state index contributed by atoms with van der Waals surface area (Å²) < 4.78 is 10.6. The highest BCUT2D eigenvalue weighted by Crippen LogP contribution is 2.24. The van der Waals surface area contributed by atoms with Gasteiger partial charge in [-0.15, -0.1) is 24.8 Å². The molecular weight excluding hydrogens is 413 g/mol. The summed E-state index contributed by atoms with van der Waals surface area (Å²) in [5, 5.41) is 0. The van der Waals surface area contributed by atoms with E-state index in [1.165, 1.54) is 12.8 Å². The molecule has 1 saturated heterocycles. The van der Waals surface area contributed by atoms with Crippen LogP contribution in [-0.2, 0) is 16.0 Å². The first-order chi connectivity index (χ1) is 13.2. The minimum atomic E-state index is -0.632. The van der Waals surface area contributed by atoms with Gasteiger partial charge in [0.2, 0.25) is 0 Å². The van der Waals surface area contributed by atoms with Crippen molar-refractivity contribution in [2.24, 2.45) is 11.7 Å². The standard InChI is InChI=1S/C21H27N3O3.2ClH/c1-26-21(25)20(22)14-16-2-4-19(5-3-16)27-15-17-8-12-24(13-9-17)18-6-10-23-11-7-18;;/h2-7,10-11,17,20H,8-9,12-15,22H2,1H3;2*1H. The Morgan fingerprint density at radius 1 is 1.14 bits per heavy atom. The summed E-state index contributed by atoms with van der Waals surface area (Å²) in [6.07, 6.45) is 6.38. The molecule has 2 heterocycles. The van der Waals surface area contributed by atoms with Crippen LogP contribution < -0.4 is 15.4 Å². The highest BCUT2D eigenvalue weighted by Gasteiger charge is 2.20. The number of pyridine rings is 1. The molecule has 0 bridgehead atoms. The van der Waals surface area contributed by atoms with Crippen molar-refractivity contribution in [3.05, 3.63) is 54.4 Å². The van der Waals surface area contributed by atoms with Gasteiger partial charge in [-0.3, -0.25) is 9.78 Å². The summed E-state index contributed by atoms with van der Waals surface area (Å²) >= 11 is 0. The molecule has 6 nitrogen and oxygen atoms in total. The molecule has 8 heteroatoms. The number of nitrogens with two attached hydrogens (primary N) is 1. The zero-order chi connectivity index (χ0) is 19.1. The molecule has 1 aliphatic heterocycles. The number of hydrogen-bond acceptors (Lipinski definition) is 6. The van der Waals surface area contributed by atoms with Crippen molar-refractivity contribution in [2.45, 2.75) is 25.3 Å². The first kappa shape index (κ1) is 25.0. The van der Waals surface area contributed by atoms with E-state index in [2.05, 4.69) is 26.8 Å². The number of methoxy groups -OCH3 is 1. The maximum atomic E-state index is 11.4. The summed E-state index contributed by atoms with van der Waals surface area (Å²) in [5.74, 6) is 1.02. The van der Waals surface area contributed by atoms with Gasteiger partial charge in [-0.2, -0.15) is 0 Å².